The number of likely N-dealkylation sites (N-methyl/N-ethyl adjacent to an activating group) is 1. The van der Waals surface area contributed by atoms with Gasteiger partial charge in [-0.05, 0) is 48.5 Å². The second-order valence-corrected chi connectivity index (χ2v) is 5.65. The molecule has 0 fully saturated rings. The molecule has 0 saturated carbocycles. The van der Waals surface area contributed by atoms with E-state index in [4.69, 9.17) is 0 Å². The van der Waals surface area contributed by atoms with Crippen molar-refractivity contribution in [2.24, 2.45) is 7.05 Å². The predicted molar refractivity (Wildman–Crippen MR) is 83.4 cm³/mol. The fourth-order valence-electron chi connectivity index (χ4n) is 2.23. The van der Waals surface area contributed by atoms with Gasteiger partial charge in [-0.15, -0.1) is 0 Å². The lowest BCUT2D eigenvalue weighted by Gasteiger charge is -2.09. The van der Waals surface area contributed by atoms with Gasteiger partial charge in [0.2, 0.25) is 0 Å². The van der Waals surface area contributed by atoms with E-state index in [0.29, 0.717) is 0 Å². The van der Waals surface area contributed by atoms with Crippen LogP contribution in [-0.2, 0) is 13.5 Å². The minimum Gasteiger partial charge on any atom is -0.330 e. The number of aryl methyl sites for hydroxylation is 2. The number of hydrogen-bond donors (Lipinski definition) is 1. The molecule has 0 aliphatic rings. The molecule has 0 radical (unpaired) electrons. The Balaban J connectivity index is 2.48. The fraction of sp³-hybridized carbons (Fsp3) is 0.400. The second kappa shape index (κ2) is 5.88. The lowest BCUT2D eigenvalue weighted by atomic mass is 10.1. The topological polar surface area (TPSA) is 29.9 Å². The second-order valence-electron chi connectivity index (χ2n) is 4.90. The molecule has 1 aromatic heterocycles. The van der Waals surface area contributed by atoms with Crippen LogP contribution in [0.15, 0.2) is 22.8 Å². The summed E-state index contributed by atoms with van der Waals surface area (Å²) >= 11 is 3.58. The third kappa shape index (κ3) is 2.90. The zero-order valence-electron chi connectivity index (χ0n) is 11.9. The lowest BCUT2D eigenvalue weighted by molar-refractivity contribution is 0.737. The Morgan fingerprint density at radius 1 is 1.32 bits per heavy atom. The molecule has 102 valence electrons. The minimum atomic E-state index is 0.946. The van der Waals surface area contributed by atoms with E-state index in [2.05, 4.69) is 69.9 Å². The zero-order valence-corrected chi connectivity index (χ0v) is 13.5. The van der Waals surface area contributed by atoms with E-state index in [1.165, 1.54) is 22.4 Å². The van der Waals surface area contributed by atoms with Crippen molar-refractivity contribution in [3.05, 3.63) is 39.6 Å². The van der Waals surface area contributed by atoms with Crippen molar-refractivity contribution in [1.82, 2.24) is 14.9 Å². The summed E-state index contributed by atoms with van der Waals surface area (Å²) in [6.45, 7) is 5.19. The van der Waals surface area contributed by atoms with Crippen LogP contribution in [-0.4, -0.2) is 23.1 Å². The number of nitrogens with one attached hydrogen (secondary N) is 1. The average Bonchev–Trinajstić information content (AvgIpc) is 2.66. The molecule has 0 aliphatic heterocycles. The number of rotatable bonds is 4. The molecule has 0 amide bonds. The van der Waals surface area contributed by atoms with Gasteiger partial charge in [0.1, 0.15) is 10.4 Å². The Kier molecular flexibility index (Phi) is 4.42. The van der Waals surface area contributed by atoms with Gasteiger partial charge < -0.3 is 9.88 Å². The summed E-state index contributed by atoms with van der Waals surface area (Å²) in [6.07, 6.45) is 0.964. The highest BCUT2D eigenvalue weighted by Gasteiger charge is 2.15. The first kappa shape index (κ1) is 14.3. The van der Waals surface area contributed by atoms with Gasteiger partial charge in [0.05, 0.1) is 5.69 Å². The van der Waals surface area contributed by atoms with Crippen molar-refractivity contribution >= 4 is 15.9 Å². The van der Waals surface area contributed by atoms with Crippen LogP contribution in [0.5, 0.6) is 0 Å². The quantitative estimate of drug-likeness (QED) is 0.937. The third-order valence-corrected chi connectivity index (χ3v) is 4.05. The number of aromatic nitrogens is 2. The largest absolute Gasteiger partial charge is 0.330 e. The van der Waals surface area contributed by atoms with Crippen LogP contribution in [0.3, 0.4) is 0 Å². The molecule has 0 unspecified atom stereocenters. The summed E-state index contributed by atoms with van der Waals surface area (Å²) in [5.41, 5.74) is 4.95. The summed E-state index contributed by atoms with van der Waals surface area (Å²) in [5.74, 6) is 1.03. The lowest BCUT2D eigenvalue weighted by Crippen LogP contribution is -2.12. The molecule has 2 rings (SSSR count). The summed E-state index contributed by atoms with van der Waals surface area (Å²) < 4.78 is 3.13. The van der Waals surface area contributed by atoms with E-state index in [-0.39, 0.29) is 0 Å². The summed E-state index contributed by atoms with van der Waals surface area (Å²) in [5, 5.41) is 3.18. The maximum absolute atomic E-state index is 4.69. The van der Waals surface area contributed by atoms with E-state index in [1.54, 1.807) is 0 Å². The number of nitrogens with zero attached hydrogens (tertiary/aromatic N) is 2. The van der Waals surface area contributed by atoms with Gasteiger partial charge in [-0.25, -0.2) is 4.98 Å². The van der Waals surface area contributed by atoms with Gasteiger partial charge in [-0.1, -0.05) is 17.7 Å². The Morgan fingerprint density at radius 3 is 2.74 bits per heavy atom. The van der Waals surface area contributed by atoms with Crippen LogP contribution in [0.4, 0.5) is 0 Å². The SMILES string of the molecule is CNCCc1c(Br)nc(-c2cc(C)ccc2C)n1C. The van der Waals surface area contributed by atoms with Crippen molar-refractivity contribution in [2.75, 3.05) is 13.6 Å². The van der Waals surface area contributed by atoms with Crippen molar-refractivity contribution < 1.29 is 0 Å². The number of imidazole rings is 1. The number of halogens is 1. The van der Waals surface area contributed by atoms with Crippen LogP contribution in [0.2, 0.25) is 0 Å². The van der Waals surface area contributed by atoms with Gasteiger partial charge >= 0.3 is 0 Å². The minimum absolute atomic E-state index is 0.946. The molecule has 1 N–H and O–H groups in total. The molecule has 0 saturated heterocycles. The van der Waals surface area contributed by atoms with Crippen LogP contribution in [0, 0.1) is 13.8 Å². The Hall–Kier alpha value is -1.13. The standard InChI is InChI=1S/C15H20BrN3/c1-10-5-6-11(2)12(9-10)15-18-14(16)13(19(15)4)7-8-17-3/h5-6,9,17H,7-8H2,1-4H3. The molecule has 0 atom stereocenters. The van der Waals surface area contributed by atoms with Crippen molar-refractivity contribution in [3.63, 3.8) is 0 Å². The normalized spacial score (nSPS) is 11.0. The van der Waals surface area contributed by atoms with Crippen LogP contribution in [0.25, 0.3) is 11.4 Å². The van der Waals surface area contributed by atoms with Crippen LogP contribution < -0.4 is 5.32 Å². The molecule has 2 aromatic rings. The van der Waals surface area contributed by atoms with Crippen molar-refractivity contribution in [1.29, 1.82) is 0 Å². The van der Waals surface area contributed by atoms with Gasteiger partial charge in [0.15, 0.2) is 0 Å². The van der Waals surface area contributed by atoms with Gasteiger partial charge in [-0.3, -0.25) is 0 Å². The maximum atomic E-state index is 4.69. The highest BCUT2D eigenvalue weighted by atomic mass is 79.9. The highest BCUT2D eigenvalue weighted by Crippen LogP contribution is 2.28. The molecule has 0 bridgehead atoms. The molecule has 19 heavy (non-hydrogen) atoms. The van der Waals surface area contributed by atoms with E-state index >= 15 is 0 Å². The van der Waals surface area contributed by atoms with E-state index in [9.17, 15) is 0 Å². The highest BCUT2D eigenvalue weighted by molar-refractivity contribution is 9.10. The first-order valence-corrected chi connectivity index (χ1v) is 7.27. The van der Waals surface area contributed by atoms with Gasteiger partial charge in [0, 0.05) is 25.6 Å². The Bertz CT molecular complexity index is 587. The summed E-state index contributed by atoms with van der Waals surface area (Å²) in [7, 11) is 4.05. The van der Waals surface area contributed by atoms with E-state index < -0.39 is 0 Å². The van der Waals surface area contributed by atoms with Crippen molar-refractivity contribution in [2.45, 2.75) is 20.3 Å². The number of hydrogen-bond acceptors (Lipinski definition) is 2. The summed E-state index contributed by atoms with van der Waals surface area (Å²) in [6, 6.07) is 6.49. The summed E-state index contributed by atoms with van der Waals surface area (Å²) in [4.78, 5) is 4.69. The first-order valence-electron chi connectivity index (χ1n) is 6.48. The van der Waals surface area contributed by atoms with E-state index in [0.717, 1.165) is 23.4 Å². The molecule has 0 aliphatic carbocycles. The van der Waals surface area contributed by atoms with E-state index in [1.807, 2.05) is 7.05 Å². The zero-order chi connectivity index (χ0) is 14.0. The Labute approximate surface area is 123 Å². The third-order valence-electron chi connectivity index (χ3n) is 3.41. The molecule has 4 heteroatoms. The monoisotopic (exact) mass is 321 g/mol. The maximum Gasteiger partial charge on any atom is 0.141 e. The first-order chi connectivity index (χ1) is 9.04. The van der Waals surface area contributed by atoms with Gasteiger partial charge in [0.25, 0.3) is 0 Å². The molecule has 1 heterocycles. The molecule has 0 spiro atoms. The fourth-order valence-corrected chi connectivity index (χ4v) is 2.86. The predicted octanol–water partition coefficient (Wildman–Crippen LogP) is 3.23. The molecule has 1 aromatic carbocycles. The smallest absolute Gasteiger partial charge is 0.141 e. The number of benzene rings is 1. The molecular formula is C15H20BrN3. The van der Waals surface area contributed by atoms with Crippen LogP contribution in [0.1, 0.15) is 16.8 Å². The van der Waals surface area contributed by atoms with Crippen LogP contribution >= 0.6 is 15.9 Å². The van der Waals surface area contributed by atoms with Crippen molar-refractivity contribution in [3.8, 4) is 11.4 Å². The average molecular weight is 322 g/mol. The molecular weight excluding hydrogens is 302 g/mol. The Morgan fingerprint density at radius 2 is 2.05 bits per heavy atom. The molecule has 3 nitrogen and oxygen atoms in total. The van der Waals surface area contributed by atoms with Gasteiger partial charge in [-0.2, -0.15) is 0 Å².